The molecule has 31 heavy (non-hydrogen) atoms. The summed E-state index contributed by atoms with van der Waals surface area (Å²) < 4.78 is 12.1. The molecule has 1 N–H and O–H groups in total. The molecule has 0 amide bonds. The number of aromatic nitrogens is 2. The maximum atomic E-state index is 10.2. The Morgan fingerprint density at radius 2 is 2.06 bits per heavy atom. The van der Waals surface area contributed by atoms with E-state index in [0.29, 0.717) is 22.6 Å². The van der Waals surface area contributed by atoms with E-state index in [0.717, 1.165) is 29.4 Å². The molecular formula is C25H27N3O3. The van der Waals surface area contributed by atoms with E-state index >= 15 is 0 Å². The summed E-state index contributed by atoms with van der Waals surface area (Å²) >= 11 is 0. The lowest BCUT2D eigenvalue weighted by atomic mass is 9.83. The van der Waals surface area contributed by atoms with Gasteiger partial charge < -0.3 is 14.6 Å². The molecule has 3 aromatic rings. The molecule has 2 aliphatic rings. The fourth-order valence-electron chi connectivity index (χ4n) is 4.61. The van der Waals surface area contributed by atoms with Gasteiger partial charge in [0.05, 0.1) is 6.04 Å². The number of aromatic hydroxyl groups is 1. The number of phenols is 1. The smallest absolute Gasteiger partial charge is 0.322 e. The second kappa shape index (κ2) is 7.52. The fraction of sp³-hybridized carbons (Fsp3) is 0.400. The molecule has 0 bridgehead atoms. The van der Waals surface area contributed by atoms with Gasteiger partial charge in [0.15, 0.2) is 0 Å². The van der Waals surface area contributed by atoms with Gasteiger partial charge in [-0.3, -0.25) is 0 Å². The third kappa shape index (κ3) is 4.07. The van der Waals surface area contributed by atoms with E-state index in [9.17, 15) is 5.11 Å². The van der Waals surface area contributed by atoms with Crippen molar-refractivity contribution < 1.29 is 14.6 Å². The monoisotopic (exact) mass is 417 g/mol. The Bertz CT molecular complexity index is 1170. The largest absolute Gasteiger partial charge is 0.506 e. The predicted molar refractivity (Wildman–Crippen MR) is 120 cm³/mol. The standard InChI is InChI=1S/C25H27N3O3/c1-15-10-17-14-26-24(28-22(17)20(29)11-15)30-18-7-4-6-16(12-18)23-27-19-13-25(2,3)9-5-8-21(19)31-23/h4,6-7,10-12,14,19,21,29H,5,8-9,13H2,1-3H3/t19-,21-/m0/s1. The molecule has 2 atom stereocenters. The molecule has 5 rings (SSSR count). The van der Waals surface area contributed by atoms with Gasteiger partial charge in [-0.25, -0.2) is 9.98 Å². The first-order valence-corrected chi connectivity index (χ1v) is 10.9. The van der Waals surface area contributed by atoms with Gasteiger partial charge in [-0.05, 0) is 73.9 Å². The number of hydrogen-bond donors (Lipinski definition) is 1. The number of phenolic OH excluding ortho intramolecular Hbond substituents is 1. The van der Waals surface area contributed by atoms with E-state index in [-0.39, 0.29) is 23.9 Å². The lowest BCUT2D eigenvalue weighted by molar-refractivity contribution is 0.176. The Balaban J connectivity index is 1.39. The molecule has 6 heteroatoms. The zero-order valence-electron chi connectivity index (χ0n) is 18.1. The van der Waals surface area contributed by atoms with E-state index in [4.69, 9.17) is 14.5 Å². The van der Waals surface area contributed by atoms with Crippen LogP contribution in [0.25, 0.3) is 10.9 Å². The minimum Gasteiger partial charge on any atom is -0.506 e. The minimum atomic E-state index is 0.117. The second-order valence-corrected chi connectivity index (χ2v) is 9.42. The van der Waals surface area contributed by atoms with Crippen LogP contribution in [0.2, 0.25) is 0 Å². The highest BCUT2D eigenvalue weighted by atomic mass is 16.5. The number of fused-ring (bicyclic) bond motifs is 2. The molecule has 1 saturated carbocycles. The molecule has 6 nitrogen and oxygen atoms in total. The summed E-state index contributed by atoms with van der Waals surface area (Å²) in [6, 6.07) is 11.7. The van der Waals surface area contributed by atoms with Crippen molar-refractivity contribution in [1.82, 2.24) is 9.97 Å². The molecule has 160 valence electrons. The van der Waals surface area contributed by atoms with Crippen molar-refractivity contribution >= 4 is 16.8 Å². The van der Waals surface area contributed by atoms with Crippen LogP contribution in [0.4, 0.5) is 0 Å². The van der Waals surface area contributed by atoms with Crippen molar-refractivity contribution in [3.8, 4) is 17.5 Å². The molecule has 1 aliphatic carbocycles. The van der Waals surface area contributed by atoms with Crippen LogP contribution in [-0.2, 0) is 4.74 Å². The van der Waals surface area contributed by atoms with E-state index in [2.05, 4.69) is 23.8 Å². The molecule has 1 fully saturated rings. The van der Waals surface area contributed by atoms with Gasteiger partial charge in [0.25, 0.3) is 0 Å². The molecule has 0 spiro atoms. The topological polar surface area (TPSA) is 76.8 Å². The van der Waals surface area contributed by atoms with Crippen molar-refractivity contribution in [2.45, 2.75) is 58.6 Å². The molecule has 1 aliphatic heterocycles. The van der Waals surface area contributed by atoms with Gasteiger partial charge >= 0.3 is 6.01 Å². The Morgan fingerprint density at radius 1 is 1.19 bits per heavy atom. The number of hydrogen-bond acceptors (Lipinski definition) is 6. The normalized spacial score (nSPS) is 22.4. The molecule has 0 radical (unpaired) electrons. The first-order valence-electron chi connectivity index (χ1n) is 10.9. The van der Waals surface area contributed by atoms with Crippen LogP contribution in [-0.4, -0.2) is 33.1 Å². The zero-order valence-corrected chi connectivity index (χ0v) is 18.1. The average Bonchev–Trinajstić information content (AvgIpc) is 3.04. The van der Waals surface area contributed by atoms with E-state index in [1.807, 2.05) is 37.3 Å². The fourth-order valence-corrected chi connectivity index (χ4v) is 4.61. The van der Waals surface area contributed by atoms with Gasteiger partial charge in [0.1, 0.15) is 23.1 Å². The summed E-state index contributed by atoms with van der Waals surface area (Å²) in [7, 11) is 0. The van der Waals surface area contributed by atoms with Crippen LogP contribution in [0, 0.1) is 12.3 Å². The number of rotatable bonds is 3. The van der Waals surface area contributed by atoms with Crippen molar-refractivity contribution in [2.75, 3.05) is 0 Å². The van der Waals surface area contributed by atoms with Crippen LogP contribution < -0.4 is 4.74 Å². The Labute approximate surface area is 182 Å². The van der Waals surface area contributed by atoms with Crippen LogP contribution in [0.5, 0.6) is 17.5 Å². The summed E-state index contributed by atoms with van der Waals surface area (Å²) in [6.07, 6.45) is 6.31. The third-order valence-corrected chi connectivity index (χ3v) is 6.15. The molecule has 0 unspecified atom stereocenters. The number of benzene rings is 2. The predicted octanol–water partition coefficient (Wildman–Crippen LogP) is 5.55. The maximum absolute atomic E-state index is 10.2. The molecule has 2 aromatic carbocycles. The molecule has 1 aromatic heterocycles. The minimum absolute atomic E-state index is 0.117. The van der Waals surface area contributed by atoms with Crippen LogP contribution >= 0.6 is 0 Å². The third-order valence-electron chi connectivity index (χ3n) is 6.15. The Morgan fingerprint density at radius 3 is 2.94 bits per heavy atom. The van der Waals surface area contributed by atoms with Crippen LogP contribution in [0.1, 0.15) is 50.7 Å². The quantitative estimate of drug-likeness (QED) is 0.604. The second-order valence-electron chi connectivity index (χ2n) is 9.42. The first kappa shape index (κ1) is 19.8. The lowest BCUT2D eigenvalue weighted by Crippen LogP contribution is -2.24. The van der Waals surface area contributed by atoms with Crippen LogP contribution in [0.15, 0.2) is 47.6 Å². The van der Waals surface area contributed by atoms with Gasteiger partial charge in [0, 0.05) is 17.1 Å². The summed E-state index contributed by atoms with van der Waals surface area (Å²) in [4.78, 5) is 13.6. The van der Waals surface area contributed by atoms with Gasteiger partial charge in [-0.2, -0.15) is 4.98 Å². The highest BCUT2D eigenvalue weighted by molar-refractivity contribution is 5.95. The molecular weight excluding hydrogens is 390 g/mol. The zero-order chi connectivity index (χ0) is 21.6. The summed E-state index contributed by atoms with van der Waals surface area (Å²) in [5.74, 6) is 1.40. The molecule has 0 saturated heterocycles. The highest BCUT2D eigenvalue weighted by Crippen LogP contribution is 2.39. The SMILES string of the molecule is Cc1cc(O)c2nc(Oc3cccc(C4=N[C@H]5CC(C)(C)CCC[C@@H]5O4)c3)ncc2c1. The maximum Gasteiger partial charge on any atom is 0.322 e. The molecule has 2 heterocycles. The number of nitrogens with zero attached hydrogens (tertiary/aromatic N) is 3. The van der Waals surface area contributed by atoms with Gasteiger partial charge in [-0.15, -0.1) is 0 Å². The summed E-state index contributed by atoms with van der Waals surface area (Å²) in [5.41, 5.74) is 2.61. The van der Waals surface area contributed by atoms with Gasteiger partial charge in [-0.1, -0.05) is 19.9 Å². The number of ether oxygens (including phenoxy) is 2. The highest BCUT2D eigenvalue weighted by Gasteiger charge is 2.38. The number of aliphatic imine (C=N–C) groups is 1. The van der Waals surface area contributed by atoms with E-state index in [1.165, 1.54) is 12.8 Å². The summed E-state index contributed by atoms with van der Waals surface area (Å²) in [5, 5.41) is 11.0. The van der Waals surface area contributed by atoms with Gasteiger partial charge in [0.2, 0.25) is 5.90 Å². The first-order chi connectivity index (χ1) is 14.9. The van der Waals surface area contributed by atoms with E-state index in [1.54, 1.807) is 12.3 Å². The van der Waals surface area contributed by atoms with Crippen molar-refractivity contribution in [2.24, 2.45) is 10.4 Å². The Hall–Kier alpha value is -3.15. The van der Waals surface area contributed by atoms with Crippen molar-refractivity contribution in [3.05, 3.63) is 53.7 Å². The van der Waals surface area contributed by atoms with Crippen molar-refractivity contribution in [3.63, 3.8) is 0 Å². The summed E-state index contributed by atoms with van der Waals surface area (Å²) in [6.45, 7) is 6.56. The average molecular weight is 418 g/mol. The number of aryl methyl sites for hydroxylation is 1. The van der Waals surface area contributed by atoms with E-state index < -0.39 is 0 Å². The lowest BCUT2D eigenvalue weighted by Gasteiger charge is -2.23. The van der Waals surface area contributed by atoms with Crippen molar-refractivity contribution in [1.29, 1.82) is 0 Å². The van der Waals surface area contributed by atoms with Crippen LogP contribution in [0.3, 0.4) is 0 Å². The Kier molecular flexibility index (Phi) is 4.80.